The van der Waals surface area contributed by atoms with Crippen molar-refractivity contribution in [3.05, 3.63) is 35.9 Å². The molecule has 292 valence electrons. The number of rotatable bonds is 16. The van der Waals surface area contributed by atoms with Crippen LogP contribution in [-0.4, -0.2) is 130 Å². The number of aliphatic hydroxyl groups is 2. The van der Waals surface area contributed by atoms with Gasteiger partial charge in [0.1, 0.15) is 0 Å². The average Bonchev–Trinajstić information content (AvgIpc) is 3.60. The van der Waals surface area contributed by atoms with Crippen LogP contribution in [0.5, 0.6) is 0 Å². The molecule has 5 unspecified atom stereocenters. The lowest BCUT2D eigenvalue weighted by molar-refractivity contribution is -0.144. The van der Waals surface area contributed by atoms with E-state index in [2.05, 4.69) is 57.4 Å². The Morgan fingerprint density at radius 1 is 1.08 bits per heavy atom. The average molecular weight is 714 g/mol. The molecule has 50 heavy (non-hydrogen) atoms. The normalized spacial score (nSPS) is 15.4. The summed E-state index contributed by atoms with van der Waals surface area (Å²) >= 11 is 0. The molecule has 4 amide bonds. The molecule has 0 aliphatic carbocycles. The Morgan fingerprint density at radius 2 is 1.66 bits per heavy atom. The molecule has 1 aromatic rings. The minimum Gasteiger partial charge on any atom is -0.400 e. The van der Waals surface area contributed by atoms with Crippen molar-refractivity contribution < 1.29 is 38.9 Å². The van der Waals surface area contributed by atoms with E-state index >= 15 is 0 Å². The lowest BCUT2D eigenvalue weighted by atomic mass is 9.90. The van der Waals surface area contributed by atoms with Crippen LogP contribution < -0.4 is 16.4 Å². The van der Waals surface area contributed by atoms with Crippen LogP contribution in [0.25, 0.3) is 0 Å². The van der Waals surface area contributed by atoms with Gasteiger partial charge in [0.05, 0.1) is 50.4 Å². The van der Waals surface area contributed by atoms with Gasteiger partial charge in [0.2, 0.25) is 24.1 Å². The fourth-order valence-corrected chi connectivity index (χ4v) is 5.38. The van der Waals surface area contributed by atoms with Gasteiger partial charge < -0.3 is 45.9 Å². The second-order valence-corrected chi connectivity index (χ2v) is 12.2. The first kappa shape index (κ1) is 51.3. The molecule has 1 aromatic carbocycles. The van der Waals surface area contributed by atoms with E-state index in [0.717, 1.165) is 26.4 Å². The molecule has 1 aliphatic rings. The number of methoxy groups -OCH3 is 2. The molecule has 1 saturated heterocycles. The quantitative estimate of drug-likeness (QED) is 0.127. The lowest BCUT2D eigenvalue weighted by Crippen LogP contribution is -2.54. The van der Waals surface area contributed by atoms with Crippen molar-refractivity contribution >= 4 is 24.1 Å². The highest BCUT2D eigenvalue weighted by Crippen LogP contribution is 2.28. The third-order valence-electron chi connectivity index (χ3n) is 7.96. The summed E-state index contributed by atoms with van der Waals surface area (Å²) in [7, 11) is 5.98. The minimum absolute atomic E-state index is 0.0109. The predicted octanol–water partition coefficient (Wildman–Crippen LogP) is 2.75. The maximum absolute atomic E-state index is 13.3. The Labute approximate surface area is 302 Å². The molecule has 5 atom stereocenters. The topological polar surface area (TPSA) is 184 Å². The largest absolute Gasteiger partial charge is 0.400 e. The fourth-order valence-electron chi connectivity index (χ4n) is 5.38. The van der Waals surface area contributed by atoms with Gasteiger partial charge in [-0.2, -0.15) is 0 Å². The summed E-state index contributed by atoms with van der Waals surface area (Å²) in [6, 6.07) is 10.0. The van der Waals surface area contributed by atoms with Gasteiger partial charge in [0.25, 0.3) is 0 Å². The van der Waals surface area contributed by atoms with Gasteiger partial charge in [-0.3, -0.25) is 19.2 Å². The van der Waals surface area contributed by atoms with Crippen molar-refractivity contribution in [3.63, 3.8) is 0 Å². The molecule has 1 heterocycles. The van der Waals surface area contributed by atoms with Gasteiger partial charge in [-0.05, 0) is 31.6 Å². The fraction of sp³-hybridized carbons (Fsp3) is 0.730. The number of nitrogens with two attached hydrogens (primary N) is 1. The summed E-state index contributed by atoms with van der Waals surface area (Å²) in [5.74, 6) is -0.207. The van der Waals surface area contributed by atoms with Crippen molar-refractivity contribution in [2.24, 2.45) is 17.6 Å². The van der Waals surface area contributed by atoms with E-state index in [1.165, 1.54) is 12.0 Å². The van der Waals surface area contributed by atoms with E-state index in [4.69, 9.17) is 25.4 Å². The number of aryl methyl sites for hydroxylation is 1. The third kappa shape index (κ3) is 21.9. The molecule has 1 fully saturated rings. The molecule has 13 nitrogen and oxygen atoms in total. The smallest absolute Gasteiger partial charge is 0.242 e. The summed E-state index contributed by atoms with van der Waals surface area (Å²) in [6.07, 6.45) is 4.21. The van der Waals surface area contributed by atoms with E-state index in [9.17, 15) is 19.2 Å². The van der Waals surface area contributed by atoms with Gasteiger partial charge in [-0.1, -0.05) is 90.3 Å². The zero-order valence-corrected chi connectivity index (χ0v) is 32.8. The number of carbonyl (C=O) groups excluding carboxylic acids is 4. The zero-order valence-electron chi connectivity index (χ0n) is 32.8. The summed E-state index contributed by atoms with van der Waals surface area (Å²) in [4.78, 5) is 50.4. The summed E-state index contributed by atoms with van der Waals surface area (Å²) < 4.78 is 11.5. The number of aliphatic hydroxyl groups excluding tert-OH is 2. The highest BCUT2D eigenvalue weighted by molar-refractivity contribution is 5.85. The van der Waals surface area contributed by atoms with Crippen LogP contribution in [0.4, 0.5) is 0 Å². The number of hydrogen-bond acceptors (Lipinski definition) is 9. The SMILES string of the molecule is CCC.CCC(C)C(C(CC(=O)N1CCCC1C(OC)C(C)C)OC)N(C)C(=O)CNC(=O)CN.CO.Cc1ccccc1.O=CNCCO. The van der Waals surface area contributed by atoms with E-state index in [1.807, 2.05) is 36.9 Å². The first-order valence-electron chi connectivity index (χ1n) is 17.7. The van der Waals surface area contributed by atoms with Crippen molar-refractivity contribution in [2.75, 3.05) is 61.2 Å². The molecule has 0 spiro atoms. The van der Waals surface area contributed by atoms with Crippen molar-refractivity contribution in [2.45, 2.75) is 105 Å². The number of ether oxygens (including phenoxy) is 2. The zero-order chi connectivity index (χ0) is 39.1. The Kier molecular flexibility index (Phi) is 33.9. The lowest BCUT2D eigenvalue weighted by Gasteiger charge is -2.39. The Bertz CT molecular complexity index is 986. The number of amides is 4. The van der Waals surface area contributed by atoms with E-state index < -0.39 is 6.10 Å². The second kappa shape index (κ2) is 33.1. The number of benzene rings is 1. The Morgan fingerprint density at radius 3 is 2.04 bits per heavy atom. The van der Waals surface area contributed by atoms with Crippen LogP contribution in [0.3, 0.4) is 0 Å². The van der Waals surface area contributed by atoms with Gasteiger partial charge in [-0.15, -0.1) is 0 Å². The third-order valence-corrected chi connectivity index (χ3v) is 7.96. The van der Waals surface area contributed by atoms with Gasteiger partial charge in [0, 0.05) is 41.5 Å². The van der Waals surface area contributed by atoms with Crippen molar-refractivity contribution in [1.82, 2.24) is 20.4 Å². The molecule has 0 bridgehead atoms. The van der Waals surface area contributed by atoms with Crippen LogP contribution in [0.2, 0.25) is 0 Å². The van der Waals surface area contributed by atoms with Crippen molar-refractivity contribution in [3.8, 4) is 0 Å². The molecule has 0 aromatic heterocycles. The van der Waals surface area contributed by atoms with E-state index in [1.54, 1.807) is 26.2 Å². The number of nitrogens with one attached hydrogen (secondary N) is 2. The molecule has 1 aliphatic heterocycles. The summed E-state index contributed by atoms with van der Waals surface area (Å²) in [5, 5.41) is 19.8. The maximum Gasteiger partial charge on any atom is 0.242 e. The minimum atomic E-state index is -0.460. The first-order valence-corrected chi connectivity index (χ1v) is 17.7. The monoisotopic (exact) mass is 714 g/mol. The maximum atomic E-state index is 13.3. The number of hydrogen-bond donors (Lipinski definition) is 5. The van der Waals surface area contributed by atoms with E-state index in [-0.39, 0.29) is 67.9 Å². The number of likely N-dealkylation sites (tertiary alicyclic amines) is 1. The van der Waals surface area contributed by atoms with Crippen LogP contribution >= 0.6 is 0 Å². The molecular formula is C37H71N5O8. The van der Waals surface area contributed by atoms with E-state index in [0.29, 0.717) is 25.4 Å². The van der Waals surface area contributed by atoms with Gasteiger partial charge in [-0.25, -0.2) is 0 Å². The van der Waals surface area contributed by atoms with Crippen LogP contribution in [0.1, 0.15) is 79.2 Å². The molecule has 0 radical (unpaired) electrons. The van der Waals surface area contributed by atoms with Gasteiger partial charge in [0.15, 0.2) is 0 Å². The number of carbonyl (C=O) groups is 4. The van der Waals surface area contributed by atoms with Crippen molar-refractivity contribution in [1.29, 1.82) is 0 Å². The molecule has 0 saturated carbocycles. The van der Waals surface area contributed by atoms with Crippen LogP contribution in [0.15, 0.2) is 30.3 Å². The molecular weight excluding hydrogens is 642 g/mol. The second-order valence-electron chi connectivity index (χ2n) is 12.2. The first-order chi connectivity index (χ1) is 23.8. The summed E-state index contributed by atoms with van der Waals surface area (Å²) in [5.41, 5.74) is 6.62. The van der Waals surface area contributed by atoms with Crippen LogP contribution in [-0.2, 0) is 28.7 Å². The van der Waals surface area contributed by atoms with Crippen LogP contribution in [0, 0.1) is 18.8 Å². The highest BCUT2D eigenvalue weighted by atomic mass is 16.5. The molecule has 2 rings (SSSR count). The predicted molar refractivity (Wildman–Crippen MR) is 200 cm³/mol. The number of nitrogens with zero attached hydrogens (tertiary/aromatic N) is 2. The highest BCUT2D eigenvalue weighted by Gasteiger charge is 2.39. The number of likely N-dealkylation sites (N-methyl/N-ethyl adjacent to an activating group) is 1. The summed E-state index contributed by atoms with van der Waals surface area (Å²) in [6.45, 7) is 15.4. The Hall–Kier alpha value is -3.10. The van der Waals surface area contributed by atoms with Gasteiger partial charge >= 0.3 is 0 Å². The molecule has 13 heteroatoms. The standard InChI is InChI=1S/C23H44N4O5.C7H8.C3H7NO2.C3H8.CH4O/c1-8-16(4)22(26(5)21(30)14-25-19(28)13-24)18(31-6)12-20(29)27-11-9-10-17(27)23(32-7)15(2)3;1-7-5-3-2-4-6-7;5-2-1-4-3-6;1-3-2;1-2/h15-18,22-23H,8-14,24H2,1-7H3,(H,25,28);2-6H,1H3;3,5H,1-2H2,(H,4,6);3H2,1-2H3;2H,1H3. The molecule has 6 N–H and O–H groups in total. The Balaban J connectivity index is -0.000000995.